The summed E-state index contributed by atoms with van der Waals surface area (Å²) in [4.78, 5) is 49.5. The molecule has 1 unspecified atom stereocenters. The molecule has 1 aromatic rings. The number of aliphatic hydroxyl groups is 7. The number of hydrogen-bond donors (Lipinski definition) is 11. The molecule has 42 heavy (non-hydrogen) atoms. The van der Waals surface area contributed by atoms with E-state index in [0.29, 0.717) is 0 Å². The van der Waals surface area contributed by atoms with Crippen LogP contribution < -0.4 is 22.3 Å². The van der Waals surface area contributed by atoms with Gasteiger partial charge in [-0.15, -0.1) is 0 Å². The van der Waals surface area contributed by atoms with Crippen molar-refractivity contribution in [1.82, 2.24) is 20.4 Å². The average Bonchev–Trinajstić information content (AvgIpc) is 3.18. The van der Waals surface area contributed by atoms with Gasteiger partial charge in [0.15, 0.2) is 6.23 Å². The van der Waals surface area contributed by atoms with E-state index in [1.165, 1.54) is 6.07 Å². The van der Waals surface area contributed by atoms with E-state index in [4.69, 9.17) is 20.3 Å². The predicted molar refractivity (Wildman–Crippen MR) is 131 cm³/mol. The molecule has 0 bridgehead atoms. The molecular weight excluding hydrogens is 597 g/mol. The molecule has 2 aliphatic heterocycles. The van der Waals surface area contributed by atoms with Crippen LogP contribution in [0.25, 0.3) is 0 Å². The fraction of sp³-hybridized carbons (Fsp3) is 0.700. The largest absolute Gasteiger partial charge is 0.529 e. The summed E-state index contributed by atoms with van der Waals surface area (Å²) in [5, 5.41) is 71.1. The van der Waals surface area contributed by atoms with E-state index in [0.717, 1.165) is 17.7 Å². The Balaban J connectivity index is 1.68. The van der Waals surface area contributed by atoms with Gasteiger partial charge in [0.1, 0.15) is 42.4 Å². The van der Waals surface area contributed by atoms with Gasteiger partial charge in [-0.2, -0.15) is 4.98 Å². The quantitative estimate of drug-likeness (QED) is 0.0800. The molecule has 3 heterocycles. The molecule has 1 aromatic heterocycles. The number of hydrazine groups is 1. The van der Waals surface area contributed by atoms with Crippen molar-refractivity contribution in [2.45, 2.75) is 74.1 Å². The zero-order valence-electron chi connectivity index (χ0n) is 21.7. The van der Waals surface area contributed by atoms with Gasteiger partial charge in [-0.1, -0.05) is 0 Å². The molecule has 2 saturated heterocycles. The lowest BCUT2D eigenvalue weighted by molar-refractivity contribution is -0.295. The Kier molecular flexibility index (Phi) is 10.8. The second-order valence-corrected chi connectivity index (χ2v) is 10.8. The van der Waals surface area contributed by atoms with Crippen LogP contribution in [0.2, 0.25) is 0 Å². The van der Waals surface area contributed by atoms with E-state index in [2.05, 4.69) is 24.9 Å². The van der Waals surface area contributed by atoms with Crippen LogP contribution in [0.4, 0.5) is 5.82 Å². The Labute approximate surface area is 235 Å². The molecule has 2 aliphatic rings. The third-order valence-electron chi connectivity index (χ3n) is 6.30. The van der Waals surface area contributed by atoms with E-state index in [9.17, 15) is 54.5 Å². The van der Waals surface area contributed by atoms with Crippen molar-refractivity contribution in [2.24, 2.45) is 0 Å². The summed E-state index contributed by atoms with van der Waals surface area (Å²) >= 11 is 0. The number of nitrogens with one attached hydrogen (secondary N) is 2. The van der Waals surface area contributed by atoms with Crippen molar-refractivity contribution in [1.29, 1.82) is 0 Å². The van der Waals surface area contributed by atoms with E-state index >= 15 is 0 Å². The summed E-state index contributed by atoms with van der Waals surface area (Å²) in [6.45, 7) is -0.947. The van der Waals surface area contributed by atoms with Crippen LogP contribution in [0, 0.1) is 0 Å². The highest BCUT2D eigenvalue weighted by atomic mass is 31.2. The Morgan fingerprint density at radius 1 is 1.31 bits per heavy atom. The van der Waals surface area contributed by atoms with E-state index < -0.39 is 106 Å². The lowest BCUT2D eigenvalue weighted by atomic mass is 9.89. The fourth-order valence-electron chi connectivity index (χ4n) is 4.17. The maximum Gasteiger partial charge on any atom is 0.529 e. The first-order valence-electron chi connectivity index (χ1n) is 12.1. The van der Waals surface area contributed by atoms with Crippen molar-refractivity contribution in [2.75, 3.05) is 18.9 Å². The van der Waals surface area contributed by atoms with Crippen molar-refractivity contribution in [3.63, 3.8) is 0 Å². The first-order chi connectivity index (χ1) is 19.5. The molecule has 0 aromatic carbocycles. The monoisotopic (exact) mass is 629 g/mol. The summed E-state index contributed by atoms with van der Waals surface area (Å²) < 4.78 is 32.7. The van der Waals surface area contributed by atoms with Crippen LogP contribution in [0.3, 0.4) is 0 Å². The van der Waals surface area contributed by atoms with E-state index in [-0.39, 0.29) is 5.82 Å². The molecule has 2 fully saturated rings. The number of nitrogens with zero attached hydrogens (tertiary/aromatic N) is 2. The number of amides is 1. The number of phosphoric ester groups is 1. The molecule has 21 nitrogen and oxygen atoms in total. The number of hydrogen-bond acceptors (Lipinski definition) is 18. The Bertz CT molecular complexity index is 1240. The van der Waals surface area contributed by atoms with Crippen molar-refractivity contribution in [3.8, 4) is 0 Å². The third-order valence-corrected chi connectivity index (χ3v) is 7.17. The lowest BCUT2D eigenvalue weighted by Gasteiger charge is -2.45. The van der Waals surface area contributed by atoms with Gasteiger partial charge in [-0.05, 0) is 6.07 Å². The summed E-state index contributed by atoms with van der Waals surface area (Å²) in [7, 11) is -5.46. The number of phosphoric acid groups is 1. The summed E-state index contributed by atoms with van der Waals surface area (Å²) in [6.07, 6.45) is -14.3. The van der Waals surface area contributed by atoms with E-state index in [1.54, 1.807) is 0 Å². The maximum absolute atomic E-state index is 12.7. The second-order valence-electron chi connectivity index (χ2n) is 9.46. The molecule has 22 heteroatoms. The predicted octanol–water partition coefficient (Wildman–Crippen LogP) is -6.33. The molecule has 3 rings (SSSR count). The number of carbonyl (C=O) groups excluding carboxylic acids is 2. The molecular formula is C20H32N5O16P. The Hall–Kier alpha value is -2.63. The van der Waals surface area contributed by atoms with Gasteiger partial charge < -0.3 is 55.5 Å². The lowest BCUT2D eigenvalue weighted by Crippen LogP contribution is -2.68. The number of ether oxygens (including phenoxy) is 2. The molecule has 0 saturated carbocycles. The van der Waals surface area contributed by atoms with Crippen LogP contribution in [-0.4, -0.2) is 130 Å². The van der Waals surface area contributed by atoms with Crippen LogP contribution in [0.1, 0.15) is 19.6 Å². The van der Waals surface area contributed by atoms with Gasteiger partial charge in [0.25, 0.3) is 5.79 Å². The van der Waals surface area contributed by atoms with Gasteiger partial charge in [0.2, 0.25) is 5.91 Å². The molecule has 0 spiro atoms. The standard InChI is InChI=1S/C20H32N5O16P/c1-7(27)23-24-12-8(28)4-20(35,40-16(12)13(30)9(29)5-26)18(33)41-42(36,37)38-6-10-14(31)15(32)17(39-10)25-3-2-11(21)22-19(25)34/h2-3,8-10,12-17,24,26,28-32,35H,4-6H2,1H3,(H,23,27)(H,36,37)(H2,21,22,34)/t8-,9+,10+,12+,13+,14+,15+,16+,17+,20+/m0/s1. The number of carbonyl (C=O) groups is 2. The minimum atomic E-state index is -5.46. The number of nitrogen functional groups attached to an aromatic ring is 1. The second kappa shape index (κ2) is 13.3. The first-order valence-corrected chi connectivity index (χ1v) is 13.6. The van der Waals surface area contributed by atoms with Gasteiger partial charge in [0, 0.05) is 19.5 Å². The number of aromatic nitrogens is 2. The molecule has 11 atom stereocenters. The highest BCUT2D eigenvalue weighted by molar-refractivity contribution is 7.48. The van der Waals surface area contributed by atoms with Crippen molar-refractivity contribution >= 4 is 25.5 Å². The average molecular weight is 629 g/mol. The van der Waals surface area contributed by atoms with Crippen LogP contribution in [-0.2, 0) is 32.7 Å². The highest BCUT2D eigenvalue weighted by Crippen LogP contribution is 2.46. The first kappa shape index (κ1) is 33.9. The zero-order valence-corrected chi connectivity index (χ0v) is 22.6. The molecule has 0 radical (unpaired) electrons. The normalized spacial score (nSPS) is 34.3. The topological polar surface area (TPSA) is 335 Å². The maximum atomic E-state index is 12.7. The number of nitrogens with two attached hydrogens (primary N) is 1. The number of anilines is 1. The fourth-order valence-corrected chi connectivity index (χ4v) is 4.91. The minimum absolute atomic E-state index is 0.131. The number of aliphatic hydroxyl groups excluding tert-OH is 6. The molecule has 0 aliphatic carbocycles. The SMILES string of the molecule is CC(=O)NN[C@H]1[C@H]([C@H](O)[C@H](O)CO)O[C@@](O)(C(=O)OP(=O)(O)OC[C@H]2O[C@@H](n3ccc(N)nc3=O)[C@H](O)[C@@H]2O)C[C@@H]1O. The number of rotatable bonds is 11. The summed E-state index contributed by atoms with van der Waals surface area (Å²) in [5.74, 6) is -6.02. The van der Waals surface area contributed by atoms with Crippen LogP contribution in [0.15, 0.2) is 17.1 Å². The summed E-state index contributed by atoms with van der Waals surface area (Å²) in [6, 6.07) is -0.282. The highest BCUT2D eigenvalue weighted by Gasteiger charge is 2.56. The van der Waals surface area contributed by atoms with Gasteiger partial charge in [-0.25, -0.2) is 19.6 Å². The van der Waals surface area contributed by atoms with E-state index in [1.807, 2.05) is 0 Å². The van der Waals surface area contributed by atoms with Crippen molar-refractivity contribution < 1.29 is 73.3 Å². The Morgan fingerprint density at radius 2 is 1.98 bits per heavy atom. The van der Waals surface area contributed by atoms with Gasteiger partial charge in [-0.3, -0.25) is 24.2 Å². The smallest absolute Gasteiger partial charge is 0.394 e. The molecule has 238 valence electrons. The third kappa shape index (κ3) is 7.65. The van der Waals surface area contributed by atoms with Gasteiger partial charge >= 0.3 is 19.5 Å². The minimum Gasteiger partial charge on any atom is -0.394 e. The van der Waals surface area contributed by atoms with Gasteiger partial charge in [0.05, 0.1) is 25.4 Å². The zero-order chi connectivity index (χ0) is 31.6. The van der Waals surface area contributed by atoms with Crippen LogP contribution >= 0.6 is 7.82 Å². The van der Waals surface area contributed by atoms with Crippen molar-refractivity contribution in [3.05, 3.63) is 22.7 Å². The Morgan fingerprint density at radius 3 is 2.57 bits per heavy atom. The molecule has 1 amide bonds. The van der Waals surface area contributed by atoms with Crippen LogP contribution in [0.5, 0.6) is 0 Å². The molecule has 12 N–H and O–H groups in total. The summed E-state index contributed by atoms with van der Waals surface area (Å²) in [5.41, 5.74) is 8.83.